The van der Waals surface area contributed by atoms with Crippen molar-refractivity contribution in [3.63, 3.8) is 0 Å². The van der Waals surface area contributed by atoms with E-state index in [-0.39, 0.29) is 20.6 Å². The molecule has 8 aromatic carbocycles. The van der Waals surface area contributed by atoms with E-state index in [9.17, 15) is 0 Å². The van der Waals surface area contributed by atoms with Gasteiger partial charge in [0, 0.05) is 37.9 Å². The summed E-state index contributed by atoms with van der Waals surface area (Å²) in [7, 11) is 0. The summed E-state index contributed by atoms with van der Waals surface area (Å²) in [5.74, 6) is 0. The first-order chi connectivity index (χ1) is 31.8. The highest BCUT2D eigenvalue weighted by Gasteiger charge is 2.49. The topological polar surface area (TPSA) is 61.5 Å². The highest BCUT2D eigenvalue weighted by molar-refractivity contribution is 5.62. The number of para-hydroxylation sites is 2. The van der Waals surface area contributed by atoms with Crippen molar-refractivity contribution in [1.29, 1.82) is 0 Å². The van der Waals surface area contributed by atoms with Gasteiger partial charge in [0.05, 0.1) is 29.5 Å². The van der Waals surface area contributed by atoms with Crippen LogP contribution < -0.4 is 10.2 Å². The van der Waals surface area contributed by atoms with Crippen LogP contribution >= 0.6 is 0 Å². The van der Waals surface area contributed by atoms with E-state index in [1.54, 1.807) is 6.20 Å². The van der Waals surface area contributed by atoms with E-state index in [0.717, 1.165) is 22.6 Å². The zero-order chi connectivity index (χ0) is 43.2. The minimum absolute atomic E-state index is 0. The summed E-state index contributed by atoms with van der Waals surface area (Å²) in [4.78, 5) is 2.49. The normalized spacial score (nSPS) is 14.7. The molecule has 11 rings (SSSR count). The molecule has 0 amide bonds. The number of aromatic nitrogens is 4. The quantitative estimate of drug-likeness (QED) is 0.127. The van der Waals surface area contributed by atoms with E-state index in [1.807, 2.05) is 60.7 Å². The van der Waals surface area contributed by atoms with Gasteiger partial charge in [-0.2, -0.15) is 10.2 Å². The minimum atomic E-state index is -0.0312. The highest BCUT2D eigenvalue weighted by atomic mass is 15.4. The molecule has 64 heavy (non-hydrogen) atoms. The van der Waals surface area contributed by atoms with Crippen molar-refractivity contribution in [1.82, 2.24) is 20.0 Å². The van der Waals surface area contributed by atoms with Crippen LogP contribution in [-0.2, 0) is 0 Å². The minimum Gasteiger partial charge on any atom is -0.376 e. The first-order valence-corrected chi connectivity index (χ1v) is 21.8. The SMILES string of the molecule is [HH].[HH].[HH].[HH].[HH].[HH].c1ccc(-c2ccn[nH]2)cc1.c1ccc(N[C@@H](c2ccccc2)[C@H](c2ccccc2)n2ccc(-c3ccccc3)n2)cc1.c1ccc([C@@H]2[C@H](c3ccccc3)N2c2ccccc2)cc1. The molecule has 0 saturated carbocycles. The van der Waals surface area contributed by atoms with Crippen molar-refractivity contribution in [2.24, 2.45) is 0 Å². The second kappa shape index (κ2) is 20.6. The van der Waals surface area contributed by atoms with E-state index < -0.39 is 0 Å². The lowest BCUT2D eigenvalue weighted by Gasteiger charge is -2.30. The average molecular weight is 843 g/mol. The number of H-pyrrole nitrogens is 1. The summed E-state index contributed by atoms with van der Waals surface area (Å²) >= 11 is 0. The third kappa shape index (κ3) is 10.1. The van der Waals surface area contributed by atoms with Crippen molar-refractivity contribution >= 4 is 11.4 Å². The first kappa shape index (κ1) is 41.1. The van der Waals surface area contributed by atoms with Crippen molar-refractivity contribution in [2.45, 2.75) is 24.2 Å². The summed E-state index contributed by atoms with van der Waals surface area (Å²) in [6, 6.07) is 89.1. The summed E-state index contributed by atoms with van der Waals surface area (Å²) in [6.45, 7) is 0. The van der Waals surface area contributed by atoms with Crippen LogP contribution in [0.15, 0.2) is 267 Å². The molecule has 10 aromatic rings. The largest absolute Gasteiger partial charge is 0.376 e. The van der Waals surface area contributed by atoms with Crippen molar-refractivity contribution < 1.29 is 8.56 Å². The van der Waals surface area contributed by atoms with Crippen molar-refractivity contribution in [3.8, 4) is 22.5 Å². The van der Waals surface area contributed by atoms with Gasteiger partial charge in [-0.1, -0.05) is 218 Å². The van der Waals surface area contributed by atoms with Crippen LogP contribution in [0.5, 0.6) is 0 Å². The number of nitrogens with zero attached hydrogens (tertiary/aromatic N) is 4. The molecule has 1 aliphatic heterocycles. The van der Waals surface area contributed by atoms with Crippen LogP contribution in [0, 0.1) is 0 Å². The van der Waals surface area contributed by atoms with E-state index in [2.05, 4.69) is 225 Å². The van der Waals surface area contributed by atoms with Crippen LogP contribution in [-0.4, -0.2) is 20.0 Å². The van der Waals surface area contributed by atoms with Crippen LogP contribution in [0.1, 0.15) is 55.0 Å². The Bertz CT molecular complexity index is 2760. The fraction of sp³-hybridized carbons (Fsp3) is 0.0690. The number of hydrogen-bond acceptors (Lipinski definition) is 4. The van der Waals surface area contributed by atoms with E-state index >= 15 is 0 Å². The van der Waals surface area contributed by atoms with Gasteiger partial charge in [0.15, 0.2) is 0 Å². The average Bonchev–Trinajstić information content (AvgIpc) is 3.63. The molecule has 0 unspecified atom stereocenters. The molecule has 0 aliphatic carbocycles. The standard InChI is InChI=1S/C29H25N3.C20H17N.C9H8N2.6H2/c1-5-13-23(14-6-1)27-21-22-32(31-27)29(25-17-9-3-10-18-25)28(24-15-7-2-8-16-24)30-26-19-11-4-12-20-26;1-4-10-16(11-5-1)19-20(17-12-6-2-7-13-17)21(19)18-14-8-3-9-15-18;1-2-4-8(5-3-1)9-6-7-10-11-9;;;;;;/h1-22,28-30H;1-15,19-20H;1-7H,(H,10,11);6*1H/t28-,29-;19-,20+,21?;;;;;;;/m0......../s1. The molecule has 0 bridgehead atoms. The van der Waals surface area contributed by atoms with E-state index in [1.165, 1.54) is 33.5 Å². The fourth-order valence-corrected chi connectivity index (χ4v) is 8.30. The van der Waals surface area contributed by atoms with E-state index in [4.69, 9.17) is 5.10 Å². The zero-order valence-electron chi connectivity index (χ0n) is 35.5. The van der Waals surface area contributed by atoms with Gasteiger partial charge < -0.3 is 10.2 Å². The Morgan fingerprint density at radius 2 is 0.906 bits per heavy atom. The summed E-state index contributed by atoms with van der Waals surface area (Å²) in [6.07, 6.45) is 3.84. The van der Waals surface area contributed by atoms with Crippen molar-refractivity contribution in [2.75, 3.05) is 10.2 Å². The molecule has 0 spiro atoms. The fourth-order valence-electron chi connectivity index (χ4n) is 8.30. The second-order valence-electron chi connectivity index (χ2n) is 15.6. The van der Waals surface area contributed by atoms with Gasteiger partial charge in [0.25, 0.3) is 0 Å². The highest BCUT2D eigenvalue weighted by Crippen LogP contribution is 2.56. The molecule has 324 valence electrons. The zero-order valence-corrected chi connectivity index (χ0v) is 35.5. The molecule has 2 aromatic heterocycles. The summed E-state index contributed by atoms with van der Waals surface area (Å²) < 4.78 is 2.09. The van der Waals surface area contributed by atoms with Gasteiger partial charge in [-0.25, -0.2) is 0 Å². The number of benzene rings is 8. The maximum absolute atomic E-state index is 5.02. The molecule has 4 atom stereocenters. The van der Waals surface area contributed by atoms with Crippen LogP contribution in [0.4, 0.5) is 11.4 Å². The van der Waals surface area contributed by atoms with Gasteiger partial charge in [0.1, 0.15) is 6.04 Å². The number of hydrogen-bond donors (Lipinski definition) is 2. The molecule has 1 fully saturated rings. The Balaban J connectivity index is 0.000000295. The van der Waals surface area contributed by atoms with Crippen LogP contribution in [0.3, 0.4) is 0 Å². The monoisotopic (exact) mass is 843 g/mol. The third-order valence-electron chi connectivity index (χ3n) is 11.4. The van der Waals surface area contributed by atoms with E-state index in [0.29, 0.717) is 12.1 Å². The molecular formula is C58H62N6. The summed E-state index contributed by atoms with van der Waals surface area (Å²) in [5, 5.41) is 15.6. The first-order valence-electron chi connectivity index (χ1n) is 21.8. The molecule has 6 heteroatoms. The van der Waals surface area contributed by atoms with Crippen LogP contribution in [0.2, 0.25) is 0 Å². The predicted octanol–water partition coefficient (Wildman–Crippen LogP) is 15.5. The maximum atomic E-state index is 5.02. The Hall–Kier alpha value is -8.22. The predicted molar refractivity (Wildman–Crippen MR) is 275 cm³/mol. The Morgan fingerprint density at radius 1 is 0.453 bits per heavy atom. The molecular weight excluding hydrogens is 781 g/mol. The molecule has 3 heterocycles. The number of aromatic amines is 1. The molecule has 2 N–H and O–H groups in total. The Labute approximate surface area is 385 Å². The third-order valence-corrected chi connectivity index (χ3v) is 11.4. The number of anilines is 2. The van der Waals surface area contributed by atoms with Crippen molar-refractivity contribution in [3.05, 3.63) is 289 Å². The molecule has 1 saturated heterocycles. The number of rotatable bonds is 11. The van der Waals surface area contributed by atoms with Gasteiger partial charge >= 0.3 is 0 Å². The van der Waals surface area contributed by atoms with Gasteiger partial charge in [-0.05, 0) is 64.2 Å². The lowest BCUT2D eigenvalue weighted by molar-refractivity contribution is 0.464. The van der Waals surface area contributed by atoms with Crippen LogP contribution in [0.25, 0.3) is 22.5 Å². The maximum Gasteiger partial charge on any atom is 0.101 e. The Morgan fingerprint density at radius 3 is 1.42 bits per heavy atom. The van der Waals surface area contributed by atoms with Gasteiger partial charge in [-0.3, -0.25) is 9.78 Å². The molecule has 6 nitrogen and oxygen atoms in total. The smallest absolute Gasteiger partial charge is 0.101 e. The molecule has 0 radical (unpaired) electrons. The Kier molecular flexibility index (Phi) is 13.2. The van der Waals surface area contributed by atoms with Gasteiger partial charge in [-0.15, -0.1) is 0 Å². The summed E-state index contributed by atoms with van der Waals surface area (Å²) in [5.41, 5.74) is 11.9. The second-order valence-corrected chi connectivity index (χ2v) is 15.6. The number of nitrogens with one attached hydrogen (secondary N) is 2. The van der Waals surface area contributed by atoms with Gasteiger partial charge in [0.2, 0.25) is 0 Å². The lowest BCUT2D eigenvalue weighted by Crippen LogP contribution is -2.26. The molecule has 1 aliphatic rings. The lowest BCUT2D eigenvalue weighted by atomic mass is 9.93.